The summed E-state index contributed by atoms with van der Waals surface area (Å²) in [5, 5.41) is 0. The molecule has 0 unspecified atom stereocenters. The fraction of sp³-hybridized carbons (Fsp3) is 0.0833. The molecule has 26 heavy (non-hydrogen) atoms. The van der Waals surface area contributed by atoms with Gasteiger partial charge >= 0.3 is 0 Å². The molecule has 2 nitrogen and oxygen atoms in total. The Kier molecular flexibility index (Phi) is 4.32. The first-order valence-corrected chi connectivity index (χ1v) is 8.69. The van der Waals surface area contributed by atoms with Crippen molar-refractivity contribution in [2.24, 2.45) is 0 Å². The van der Waals surface area contributed by atoms with Crippen LogP contribution in [0.25, 0.3) is 33.9 Å². The summed E-state index contributed by atoms with van der Waals surface area (Å²) in [6.07, 6.45) is 0. The molecule has 1 heterocycles. The molecule has 0 aliphatic rings. The molecule has 0 saturated carbocycles. The van der Waals surface area contributed by atoms with Crippen LogP contribution >= 0.6 is 0 Å². The van der Waals surface area contributed by atoms with Crippen LogP contribution in [0.4, 0.5) is 0 Å². The van der Waals surface area contributed by atoms with E-state index in [1.54, 1.807) is 0 Å². The summed E-state index contributed by atoms with van der Waals surface area (Å²) in [6, 6.07) is 29.7. The number of hydrogen-bond acceptors (Lipinski definition) is 2. The van der Waals surface area contributed by atoms with Gasteiger partial charge in [0.05, 0.1) is 11.4 Å². The van der Waals surface area contributed by atoms with Gasteiger partial charge in [-0.25, -0.2) is 9.97 Å². The molecular weight excluding hydrogens is 316 g/mol. The standard InChI is InChI=1S/C24H19N2/c1-17-8-6-12-20(14-17)22-16-23(21-13-7-9-18(2)15-21)26-24(25-22)19-10-4-3-5-11-19/h4-16H,1-2H3. The Hall–Kier alpha value is -3.26. The second-order valence-electron chi connectivity index (χ2n) is 6.49. The van der Waals surface area contributed by atoms with Crippen molar-refractivity contribution in [3.63, 3.8) is 0 Å². The second kappa shape index (κ2) is 6.93. The third-order valence-electron chi connectivity index (χ3n) is 4.33. The average molecular weight is 335 g/mol. The summed E-state index contributed by atoms with van der Waals surface area (Å²) in [4.78, 5) is 9.68. The number of aromatic nitrogens is 2. The molecule has 0 fully saturated rings. The molecular formula is C24H19N2. The summed E-state index contributed by atoms with van der Waals surface area (Å²) in [5.74, 6) is 0.731. The lowest BCUT2D eigenvalue weighted by Crippen LogP contribution is -1.96. The lowest BCUT2D eigenvalue weighted by Gasteiger charge is -2.10. The van der Waals surface area contributed by atoms with Gasteiger partial charge in [0.25, 0.3) is 0 Å². The van der Waals surface area contributed by atoms with E-state index in [1.165, 1.54) is 11.1 Å². The zero-order chi connectivity index (χ0) is 17.9. The molecule has 4 rings (SSSR count). The Morgan fingerprint density at radius 1 is 0.615 bits per heavy atom. The van der Waals surface area contributed by atoms with Crippen LogP contribution in [0, 0.1) is 19.9 Å². The highest BCUT2D eigenvalue weighted by Gasteiger charge is 2.10. The van der Waals surface area contributed by atoms with E-state index >= 15 is 0 Å². The largest absolute Gasteiger partial charge is 0.228 e. The molecule has 0 spiro atoms. The Balaban J connectivity index is 1.93. The molecule has 1 radical (unpaired) electrons. The van der Waals surface area contributed by atoms with Crippen LogP contribution in [0.5, 0.6) is 0 Å². The topological polar surface area (TPSA) is 25.8 Å². The minimum absolute atomic E-state index is 0.731. The molecule has 3 aromatic carbocycles. The normalized spacial score (nSPS) is 10.7. The quantitative estimate of drug-likeness (QED) is 0.466. The van der Waals surface area contributed by atoms with Gasteiger partial charge in [0, 0.05) is 16.7 Å². The summed E-state index contributed by atoms with van der Waals surface area (Å²) in [5.41, 5.74) is 7.50. The molecule has 1 aromatic heterocycles. The first-order valence-electron chi connectivity index (χ1n) is 8.69. The summed E-state index contributed by atoms with van der Waals surface area (Å²) < 4.78 is 0. The van der Waals surface area contributed by atoms with E-state index in [0.29, 0.717) is 0 Å². The third kappa shape index (κ3) is 3.40. The lowest BCUT2D eigenvalue weighted by molar-refractivity contribution is 1.18. The Labute approximate surface area is 154 Å². The van der Waals surface area contributed by atoms with Crippen molar-refractivity contribution in [3.05, 3.63) is 96.1 Å². The molecule has 0 aliphatic carbocycles. The van der Waals surface area contributed by atoms with Gasteiger partial charge in [-0.1, -0.05) is 71.8 Å². The zero-order valence-corrected chi connectivity index (χ0v) is 14.9. The molecule has 0 N–H and O–H groups in total. The fourth-order valence-corrected chi connectivity index (χ4v) is 3.02. The van der Waals surface area contributed by atoms with Crippen molar-refractivity contribution in [1.29, 1.82) is 0 Å². The smallest absolute Gasteiger partial charge is 0.160 e. The molecule has 0 saturated heterocycles. The molecule has 2 heteroatoms. The number of benzene rings is 3. The number of aryl methyl sites for hydroxylation is 2. The number of nitrogens with zero attached hydrogens (tertiary/aromatic N) is 2. The number of rotatable bonds is 3. The Bertz CT molecular complexity index is 989. The zero-order valence-electron chi connectivity index (χ0n) is 14.9. The lowest BCUT2D eigenvalue weighted by atomic mass is 10.0. The first kappa shape index (κ1) is 16.2. The van der Waals surface area contributed by atoms with Gasteiger partial charge in [0.1, 0.15) is 0 Å². The van der Waals surface area contributed by atoms with Gasteiger partial charge in [-0.05, 0) is 38.1 Å². The molecule has 4 aromatic rings. The summed E-state index contributed by atoms with van der Waals surface area (Å²) in [7, 11) is 0. The maximum atomic E-state index is 4.84. The summed E-state index contributed by atoms with van der Waals surface area (Å²) in [6.45, 7) is 4.19. The van der Waals surface area contributed by atoms with Crippen LogP contribution in [0.2, 0.25) is 0 Å². The molecule has 0 atom stereocenters. The van der Waals surface area contributed by atoms with E-state index in [2.05, 4.69) is 74.5 Å². The maximum Gasteiger partial charge on any atom is 0.160 e. The van der Waals surface area contributed by atoms with Crippen molar-refractivity contribution in [2.75, 3.05) is 0 Å². The van der Waals surface area contributed by atoms with Crippen LogP contribution in [-0.2, 0) is 0 Å². The van der Waals surface area contributed by atoms with E-state index in [4.69, 9.17) is 9.97 Å². The minimum Gasteiger partial charge on any atom is -0.228 e. The molecule has 0 aliphatic heterocycles. The SMILES string of the molecule is Cc1cccc(-c2cc(-c3cccc(C)c3)nc(-c3cc[c]cc3)n2)c1. The summed E-state index contributed by atoms with van der Waals surface area (Å²) >= 11 is 0. The van der Waals surface area contributed by atoms with Gasteiger partial charge < -0.3 is 0 Å². The van der Waals surface area contributed by atoms with Gasteiger partial charge in [0.2, 0.25) is 0 Å². The van der Waals surface area contributed by atoms with Gasteiger partial charge in [-0.15, -0.1) is 0 Å². The van der Waals surface area contributed by atoms with E-state index in [9.17, 15) is 0 Å². The van der Waals surface area contributed by atoms with E-state index in [0.717, 1.165) is 33.9 Å². The number of hydrogen-bond donors (Lipinski definition) is 0. The Morgan fingerprint density at radius 3 is 1.65 bits per heavy atom. The van der Waals surface area contributed by atoms with E-state index in [1.807, 2.05) is 24.3 Å². The van der Waals surface area contributed by atoms with Crippen LogP contribution in [0.1, 0.15) is 11.1 Å². The first-order chi connectivity index (χ1) is 12.7. The molecule has 0 bridgehead atoms. The highest BCUT2D eigenvalue weighted by molar-refractivity contribution is 5.72. The van der Waals surface area contributed by atoms with Crippen LogP contribution in [0.3, 0.4) is 0 Å². The van der Waals surface area contributed by atoms with Crippen molar-refractivity contribution in [3.8, 4) is 33.9 Å². The Morgan fingerprint density at radius 2 is 1.15 bits per heavy atom. The second-order valence-corrected chi connectivity index (χ2v) is 6.49. The molecule has 0 amide bonds. The minimum atomic E-state index is 0.731. The third-order valence-corrected chi connectivity index (χ3v) is 4.33. The van der Waals surface area contributed by atoms with Gasteiger partial charge in [-0.3, -0.25) is 0 Å². The van der Waals surface area contributed by atoms with E-state index < -0.39 is 0 Å². The van der Waals surface area contributed by atoms with Crippen LogP contribution in [-0.4, -0.2) is 9.97 Å². The maximum absolute atomic E-state index is 4.84. The van der Waals surface area contributed by atoms with Crippen LogP contribution in [0.15, 0.2) is 78.9 Å². The van der Waals surface area contributed by atoms with Crippen molar-refractivity contribution >= 4 is 0 Å². The van der Waals surface area contributed by atoms with Crippen molar-refractivity contribution in [2.45, 2.75) is 13.8 Å². The molecule has 125 valence electrons. The van der Waals surface area contributed by atoms with Crippen molar-refractivity contribution in [1.82, 2.24) is 9.97 Å². The van der Waals surface area contributed by atoms with Crippen molar-refractivity contribution < 1.29 is 0 Å². The highest BCUT2D eigenvalue weighted by atomic mass is 14.9. The predicted octanol–water partition coefficient (Wildman–Crippen LogP) is 5.89. The highest BCUT2D eigenvalue weighted by Crippen LogP contribution is 2.28. The van der Waals surface area contributed by atoms with E-state index in [-0.39, 0.29) is 0 Å². The predicted molar refractivity (Wildman–Crippen MR) is 107 cm³/mol. The fourth-order valence-electron chi connectivity index (χ4n) is 3.02. The van der Waals surface area contributed by atoms with Gasteiger partial charge in [0.15, 0.2) is 5.82 Å². The monoisotopic (exact) mass is 335 g/mol. The van der Waals surface area contributed by atoms with Crippen LogP contribution < -0.4 is 0 Å². The van der Waals surface area contributed by atoms with Gasteiger partial charge in [-0.2, -0.15) is 0 Å². The average Bonchev–Trinajstić information content (AvgIpc) is 2.68.